The Morgan fingerprint density at radius 1 is 1.44 bits per heavy atom. The van der Waals surface area contributed by atoms with Gasteiger partial charge in [-0.3, -0.25) is 0 Å². The van der Waals surface area contributed by atoms with Crippen molar-refractivity contribution in [1.29, 1.82) is 0 Å². The van der Waals surface area contributed by atoms with Crippen molar-refractivity contribution in [3.8, 4) is 0 Å². The highest BCUT2D eigenvalue weighted by molar-refractivity contribution is 5.08. The van der Waals surface area contributed by atoms with E-state index in [4.69, 9.17) is 0 Å². The minimum absolute atomic E-state index is 0.604. The average Bonchev–Trinajstić information content (AvgIpc) is 1.80. The molecule has 0 saturated carbocycles. The predicted octanol–water partition coefficient (Wildman–Crippen LogP) is 1.32. The summed E-state index contributed by atoms with van der Waals surface area (Å²) in [5, 5.41) is 0. The van der Waals surface area contributed by atoms with Gasteiger partial charge in [0.15, 0.2) is 0 Å². The fourth-order valence-corrected chi connectivity index (χ4v) is 0.740. The van der Waals surface area contributed by atoms with Gasteiger partial charge in [0.1, 0.15) is 0 Å². The molecule has 1 nitrogen and oxygen atoms in total. The summed E-state index contributed by atoms with van der Waals surface area (Å²) in [5.41, 5.74) is 1.72. The summed E-state index contributed by atoms with van der Waals surface area (Å²) < 4.78 is 12.4. The molecular weight excluding hydrogens is 117 g/mol. The molecule has 0 atom stereocenters. The van der Waals surface area contributed by atoms with Crippen molar-refractivity contribution in [2.45, 2.75) is 13.8 Å². The molecule has 48 valence electrons. The van der Waals surface area contributed by atoms with E-state index >= 15 is 0 Å². The zero-order valence-corrected chi connectivity index (χ0v) is 5.56. The van der Waals surface area contributed by atoms with Crippen molar-refractivity contribution < 1.29 is 9.27 Å². The lowest BCUT2D eigenvalue weighted by atomic mass is 10.3. The largest absolute Gasteiger partial charge is 0.227 e. The van der Waals surface area contributed by atoms with Crippen molar-refractivity contribution >= 4 is 0 Å². The lowest BCUT2D eigenvalue weighted by Gasteiger charge is -1.86. The Morgan fingerprint density at radius 2 is 2.11 bits per heavy atom. The molecule has 2 heteroatoms. The second-order valence-corrected chi connectivity index (χ2v) is 2.16. The van der Waals surface area contributed by atoms with Crippen molar-refractivity contribution in [2.75, 3.05) is 0 Å². The van der Waals surface area contributed by atoms with Gasteiger partial charge in [0.05, 0.1) is 4.48 Å². The van der Waals surface area contributed by atoms with Crippen molar-refractivity contribution in [1.82, 2.24) is 0 Å². The molecule has 1 aromatic rings. The zero-order valence-electron chi connectivity index (χ0n) is 5.56. The SMILES string of the molecule is Cc1cc[n+](F)c(C)c1. The maximum absolute atomic E-state index is 12.4. The van der Waals surface area contributed by atoms with Crippen LogP contribution in [0.5, 0.6) is 0 Å². The molecule has 1 heterocycles. The number of hydrogen-bond acceptors (Lipinski definition) is 0. The second kappa shape index (κ2) is 2.13. The van der Waals surface area contributed by atoms with Gasteiger partial charge in [-0.2, -0.15) is 0 Å². The van der Waals surface area contributed by atoms with Crippen molar-refractivity contribution in [2.24, 2.45) is 0 Å². The zero-order chi connectivity index (χ0) is 6.85. The summed E-state index contributed by atoms with van der Waals surface area (Å²) in [4.78, 5) is 0.604. The number of halogens is 1. The van der Waals surface area contributed by atoms with Crippen LogP contribution in [0.4, 0.5) is 4.48 Å². The summed E-state index contributed by atoms with van der Waals surface area (Å²) in [6, 6.07) is 3.52. The summed E-state index contributed by atoms with van der Waals surface area (Å²) in [7, 11) is 0. The third kappa shape index (κ3) is 1.25. The summed E-state index contributed by atoms with van der Waals surface area (Å²) >= 11 is 0. The van der Waals surface area contributed by atoms with E-state index in [0.29, 0.717) is 10.5 Å². The molecule has 0 amide bonds. The van der Waals surface area contributed by atoms with Crippen molar-refractivity contribution in [3.63, 3.8) is 0 Å². The Morgan fingerprint density at radius 3 is 2.56 bits per heavy atom. The Balaban J connectivity index is 3.17. The summed E-state index contributed by atoms with van der Waals surface area (Å²) in [5.74, 6) is 0. The van der Waals surface area contributed by atoms with Gasteiger partial charge in [-0.25, -0.2) is 0 Å². The topological polar surface area (TPSA) is 3.88 Å². The predicted molar refractivity (Wildman–Crippen MR) is 32.6 cm³/mol. The number of aryl methyl sites for hydroxylation is 2. The fourth-order valence-electron chi connectivity index (χ4n) is 0.740. The van der Waals surface area contributed by atoms with Crippen LogP contribution in [0, 0.1) is 13.8 Å². The smallest absolute Gasteiger partial charge is 0.0393 e. The molecule has 0 spiro atoms. The molecule has 0 aromatic carbocycles. The van der Waals surface area contributed by atoms with Crippen LogP contribution in [0.15, 0.2) is 18.3 Å². The molecule has 1 rings (SSSR count). The first-order valence-corrected chi connectivity index (χ1v) is 2.85. The molecule has 0 aliphatic rings. The molecular formula is C7H9FN+. The molecule has 9 heavy (non-hydrogen) atoms. The highest BCUT2D eigenvalue weighted by Gasteiger charge is 2.02. The number of aromatic nitrogens is 1. The molecule has 0 bridgehead atoms. The summed E-state index contributed by atoms with van der Waals surface area (Å²) in [6.07, 6.45) is 1.41. The van der Waals surface area contributed by atoms with E-state index in [1.807, 2.05) is 6.92 Å². The molecule has 0 unspecified atom stereocenters. The minimum Gasteiger partial charge on any atom is -0.0393 e. The molecule has 0 fully saturated rings. The Hall–Kier alpha value is -0.920. The Kier molecular flexibility index (Phi) is 1.47. The molecule has 0 saturated heterocycles. The third-order valence-corrected chi connectivity index (χ3v) is 1.24. The van der Waals surface area contributed by atoms with Crippen LogP contribution >= 0.6 is 0 Å². The number of hydrogen-bond donors (Lipinski definition) is 0. The van der Waals surface area contributed by atoms with Crippen LogP contribution in [0.3, 0.4) is 0 Å². The minimum atomic E-state index is 0.604. The van der Waals surface area contributed by atoms with Gasteiger partial charge in [-0.1, -0.05) is 0 Å². The van der Waals surface area contributed by atoms with E-state index in [9.17, 15) is 4.48 Å². The normalized spacial score (nSPS) is 9.67. The van der Waals surface area contributed by atoms with Crippen LogP contribution in [-0.4, -0.2) is 0 Å². The standard InChI is InChI=1S/C7H9FN/c1-6-3-4-9(8)7(2)5-6/h3-5H,1-2H3/q+1. The number of rotatable bonds is 0. The fraction of sp³-hybridized carbons (Fsp3) is 0.286. The van der Waals surface area contributed by atoms with Gasteiger partial charge in [-0.05, 0) is 12.5 Å². The van der Waals surface area contributed by atoms with Crippen LogP contribution in [0.2, 0.25) is 0 Å². The first-order chi connectivity index (χ1) is 4.20. The maximum Gasteiger partial charge on any atom is 0.227 e. The monoisotopic (exact) mass is 126 g/mol. The first kappa shape index (κ1) is 6.20. The molecule has 0 N–H and O–H groups in total. The maximum atomic E-state index is 12.4. The highest BCUT2D eigenvalue weighted by Crippen LogP contribution is 1.95. The van der Waals surface area contributed by atoms with E-state index in [2.05, 4.69) is 0 Å². The van der Waals surface area contributed by atoms with Crippen molar-refractivity contribution in [3.05, 3.63) is 29.6 Å². The van der Waals surface area contributed by atoms with Crippen LogP contribution in [0.25, 0.3) is 0 Å². The van der Waals surface area contributed by atoms with Gasteiger partial charge in [-0.15, -0.1) is 0 Å². The Labute approximate surface area is 53.7 Å². The molecule has 1 aromatic heterocycles. The van der Waals surface area contributed by atoms with Gasteiger partial charge in [0.25, 0.3) is 0 Å². The molecule has 0 radical (unpaired) electrons. The Bertz CT molecular complexity index is 220. The van der Waals surface area contributed by atoms with Crippen LogP contribution in [0.1, 0.15) is 11.3 Å². The lowest BCUT2D eigenvalue weighted by Crippen LogP contribution is -2.25. The number of pyridine rings is 1. The van der Waals surface area contributed by atoms with Crippen LogP contribution in [-0.2, 0) is 0 Å². The lowest BCUT2D eigenvalue weighted by molar-refractivity contribution is -0.848. The quantitative estimate of drug-likeness (QED) is 0.493. The van der Waals surface area contributed by atoms with Gasteiger partial charge in [0.2, 0.25) is 11.9 Å². The van der Waals surface area contributed by atoms with E-state index in [1.54, 1.807) is 19.1 Å². The highest BCUT2D eigenvalue weighted by atomic mass is 19.2. The van der Waals surface area contributed by atoms with E-state index in [-0.39, 0.29) is 0 Å². The number of nitrogens with zero attached hydrogens (tertiary/aromatic N) is 1. The first-order valence-electron chi connectivity index (χ1n) is 2.85. The van der Waals surface area contributed by atoms with E-state index in [1.165, 1.54) is 6.20 Å². The van der Waals surface area contributed by atoms with Crippen LogP contribution < -0.4 is 4.79 Å². The van der Waals surface area contributed by atoms with E-state index in [0.717, 1.165) is 5.56 Å². The van der Waals surface area contributed by atoms with Gasteiger partial charge < -0.3 is 0 Å². The molecule has 0 aliphatic carbocycles. The van der Waals surface area contributed by atoms with E-state index < -0.39 is 0 Å². The van der Waals surface area contributed by atoms with Gasteiger partial charge in [0, 0.05) is 23.8 Å². The molecule has 0 aliphatic heterocycles. The van der Waals surface area contributed by atoms with Gasteiger partial charge >= 0.3 is 0 Å². The summed E-state index contributed by atoms with van der Waals surface area (Å²) in [6.45, 7) is 3.67. The second-order valence-electron chi connectivity index (χ2n) is 2.16. The average molecular weight is 126 g/mol. The third-order valence-electron chi connectivity index (χ3n) is 1.24.